The maximum Gasteiger partial charge on any atom is 0.317 e. The zero-order chi connectivity index (χ0) is 11.8. The molecule has 0 saturated heterocycles. The van der Waals surface area contributed by atoms with Gasteiger partial charge in [-0.25, -0.2) is 0 Å². The highest BCUT2D eigenvalue weighted by atomic mass is 16.4. The Hall–Kier alpha value is -1.63. The molecule has 0 bridgehead atoms. The largest absolute Gasteiger partial charge is 0.480 e. The average Bonchev–Trinajstić information content (AvgIpc) is 2.16. The Morgan fingerprint density at radius 1 is 1.07 bits per heavy atom. The molecule has 0 aliphatic carbocycles. The van der Waals surface area contributed by atoms with Crippen LogP contribution in [0.25, 0.3) is 0 Å². The summed E-state index contributed by atoms with van der Waals surface area (Å²) in [6.45, 7) is 3.34. The molecule has 0 aromatic heterocycles. The van der Waals surface area contributed by atoms with Gasteiger partial charge in [-0.3, -0.25) is 9.69 Å². The first kappa shape index (κ1) is 13.4. The van der Waals surface area contributed by atoms with Crippen molar-refractivity contribution in [3.8, 4) is 0 Å². The van der Waals surface area contributed by atoms with Crippen molar-refractivity contribution in [3.63, 3.8) is 0 Å². The molecule has 0 aliphatic rings. The topological polar surface area (TPSA) is 106 Å². The lowest BCUT2D eigenvalue weighted by Gasteiger charge is -2.18. The summed E-state index contributed by atoms with van der Waals surface area (Å²) in [5.41, 5.74) is 0.781. The standard InChI is InChI=1S/C8H15N3O4/c1-6(9-14)3-11(5-8(12)13)4-7(2)10-15/h14-15H,3-5H2,1-2H3,(H,12,13)/b9-6-,10-7-. The Morgan fingerprint density at radius 2 is 1.47 bits per heavy atom. The van der Waals surface area contributed by atoms with E-state index in [4.69, 9.17) is 15.5 Å². The monoisotopic (exact) mass is 217 g/mol. The molecule has 0 aromatic rings. The van der Waals surface area contributed by atoms with Crippen LogP contribution in [-0.4, -0.2) is 57.4 Å². The minimum Gasteiger partial charge on any atom is -0.480 e. The Bertz CT molecular complexity index is 255. The summed E-state index contributed by atoms with van der Waals surface area (Å²) in [4.78, 5) is 12.0. The van der Waals surface area contributed by atoms with Crippen molar-refractivity contribution < 1.29 is 20.3 Å². The van der Waals surface area contributed by atoms with Crippen LogP contribution in [0.5, 0.6) is 0 Å². The first-order chi connectivity index (χ1) is 6.99. The van der Waals surface area contributed by atoms with Crippen molar-refractivity contribution in [1.29, 1.82) is 0 Å². The highest BCUT2D eigenvalue weighted by Gasteiger charge is 2.12. The molecular weight excluding hydrogens is 202 g/mol. The number of carboxylic acid groups (broad SMARTS) is 1. The van der Waals surface area contributed by atoms with Crippen LogP contribution in [0.3, 0.4) is 0 Å². The SMILES string of the molecule is C/C(CN(CC(=O)O)C/C(C)=N\O)=N/O. The van der Waals surface area contributed by atoms with Crippen molar-refractivity contribution in [1.82, 2.24) is 4.90 Å². The molecule has 0 aromatic carbocycles. The lowest BCUT2D eigenvalue weighted by molar-refractivity contribution is -0.137. The van der Waals surface area contributed by atoms with E-state index < -0.39 is 5.97 Å². The van der Waals surface area contributed by atoms with Gasteiger partial charge in [0.15, 0.2) is 0 Å². The molecule has 3 N–H and O–H groups in total. The van der Waals surface area contributed by atoms with Gasteiger partial charge in [-0.2, -0.15) is 0 Å². The number of rotatable bonds is 6. The lowest BCUT2D eigenvalue weighted by atomic mass is 10.3. The van der Waals surface area contributed by atoms with E-state index in [9.17, 15) is 4.79 Å². The van der Waals surface area contributed by atoms with Gasteiger partial charge in [0.2, 0.25) is 0 Å². The second-order valence-corrected chi connectivity index (χ2v) is 3.21. The number of aliphatic carboxylic acids is 1. The van der Waals surface area contributed by atoms with Crippen LogP contribution in [0.1, 0.15) is 13.8 Å². The van der Waals surface area contributed by atoms with E-state index in [0.29, 0.717) is 11.4 Å². The molecule has 15 heavy (non-hydrogen) atoms. The molecule has 0 spiro atoms. The zero-order valence-corrected chi connectivity index (χ0v) is 8.71. The van der Waals surface area contributed by atoms with Crippen molar-refractivity contribution in [3.05, 3.63) is 0 Å². The highest BCUT2D eigenvalue weighted by Crippen LogP contribution is 1.92. The van der Waals surface area contributed by atoms with Gasteiger partial charge < -0.3 is 15.5 Å². The molecule has 0 radical (unpaired) electrons. The molecule has 7 nitrogen and oxygen atoms in total. The van der Waals surface area contributed by atoms with Crippen LogP contribution in [0.2, 0.25) is 0 Å². The highest BCUT2D eigenvalue weighted by molar-refractivity contribution is 5.87. The summed E-state index contributed by atoms with van der Waals surface area (Å²) in [5.74, 6) is -0.994. The van der Waals surface area contributed by atoms with Gasteiger partial charge in [-0.1, -0.05) is 10.3 Å². The van der Waals surface area contributed by atoms with E-state index >= 15 is 0 Å². The van der Waals surface area contributed by atoms with Gasteiger partial charge in [0.1, 0.15) is 0 Å². The third kappa shape index (κ3) is 6.44. The van der Waals surface area contributed by atoms with Crippen LogP contribution >= 0.6 is 0 Å². The lowest BCUT2D eigenvalue weighted by Crippen LogP contribution is -2.37. The second-order valence-electron chi connectivity index (χ2n) is 3.21. The predicted molar refractivity (Wildman–Crippen MR) is 53.9 cm³/mol. The predicted octanol–water partition coefficient (Wildman–Crippen LogP) is 0.0732. The fraction of sp³-hybridized carbons (Fsp3) is 0.625. The van der Waals surface area contributed by atoms with Crippen LogP contribution in [0.15, 0.2) is 10.3 Å². The van der Waals surface area contributed by atoms with E-state index in [1.165, 1.54) is 4.90 Å². The number of hydrogen-bond acceptors (Lipinski definition) is 6. The van der Waals surface area contributed by atoms with Gasteiger partial charge in [0.25, 0.3) is 0 Å². The number of nitrogens with zero attached hydrogens (tertiary/aromatic N) is 3. The van der Waals surface area contributed by atoms with E-state index in [1.54, 1.807) is 13.8 Å². The summed E-state index contributed by atoms with van der Waals surface area (Å²) < 4.78 is 0. The first-order valence-corrected chi connectivity index (χ1v) is 4.28. The van der Waals surface area contributed by atoms with E-state index in [2.05, 4.69) is 10.3 Å². The van der Waals surface area contributed by atoms with Crippen LogP contribution in [0.4, 0.5) is 0 Å². The molecule has 0 aliphatic heterocycles. The van der Waals surface area contributed by atoms with Gasteiger partial charge in [0.05, 0.1) is 18.0 Å². The summed E-state index contributed by atoms with van der Waals surface area (Å²) in [7, 11) is 0. The molecule has 0 unspecified atom stereocenters. The van der Waals surface area contributed by atoms with E-state index in [0.717, 1.165) is 0 Å². The van der Waals surface area contributed by atoms with E-state index in [1.807, 2.05) is 0 Å². The van der Waals surface area contributed by atoms with E-state index in [-0.39, 0.29) is 19.6 Å². The third-order valence-corrected chi connectivity index (χ3v) is 1.61. The molecular formula is C8H15N3O4. The Balaban J connectivity index is 4.37. The minimum absolute atomic E-state index is 0.204. The number of hydrogen-bond donors (Lipinski definition) is 3. The van der Waals surface area contributed by atoms with Crippen molar-refractivity contribution in [2.45, 2.75) is 13.8 Å². The van der Waals surface area contributed by atoms with Crippen molar-refractivity contribution in [2.24, 2.45) is 10.3 Å². The Morgan fingerprint density at radius 3 is 1.73 bits per heavy atom. The quantitative estimate of drug-likeness (QED) is 0.332. The minimum atomic E-state index is -0.994. The number of oxime groups is 2. The summed E-state index contributed by atoms with van der Waals surface area (Å²) in [6.07, 6.45) is 0. The van der Waals surface area contributed by atoms with Gasteiger partial charge >= 0.3 is 5.97 Å². The summed E-state index contributed by atoms with van der Waals surface area (Å²) in [5, 5.41) is 31.4. The smallest absolute Gasteiger partial charge is 0.317 e. The van der Waals surface area contributed by atoms with Crippen molar-refractivity contribution >= 4 is 17.4 Å². The number of carbonyl (C=O) groups is 1. The zero-order valence-electron chi connectivity index (χ0n) is 8.71. The molecule has 0 fully saturated rings. The van der Waals surface area contributed by atoms with Crippen LogP contribution in [-0.2, 0) is 4.79 Å². The maximum atomic E-state index is 10.5. The van der Waals surface area contributed by atoms with Crippen LogP contribution in [0, 0.1) is 0 Å². The summed E-state index contributed by atoms with van der Waals surface area (Å²) in [6, 6.07) is 0. The van der Waals surface area contributed by atoms with Gasteiger partial charge in [-0.05, 0) is 13.8 Å². The molecule has 0 rings (SSSR count). The second kappa shape index (κ2) is 6.77. The molecule has 86 valence electrons. The van der Waals surface area contributed by atoms with Gasteiger partial charge in [-0.15, -0.1) is 0 Å². The van der Waals surface area contributed by atoms with Crippen LogP contribution < -0.4 is 0 Å². The fourth-order valence-corrected chi connectivity index (χ4v) is 1.07. The Kier molecular flexibility index (Phi) is 6.03. The average molecular weight is 217 g/mol. The first-order valence-electron chi connectivity index (χ1n) is 4.28. The molecule has 0 atom stereocenters. The summed E-state index contributed by atoms with van der Waals surface area (Å²) >= 11 is 0. The molecule has 0 saturated carbocycles. The molecule has 7 heteroatoms. The third-order valence-electron chi connectivity index (χ3n) is 1.61. The Labute approximate surface area is 87.3 Å². The number of carboxylic acids is 1. The molecule has 0 heterocycles. The normalized spacial score (nSPS) is 13.3. The maximum absolute atomic E-state index is 10.5. The van der Waals surface area contributed by atoms with Gasteiger partial charge in [0, 0.05) is 13.1 Å². The fourth-order valence-electron chi connectivity index (χ4n) is 1.07. The molecule has 0 amide bonds. The van der Waals surface area contributed by atoms with Crippen molar-refractivity contribution in [2.75, 3.05) is 19.6 Å².